The summed E-state index contributed by atoms with van der Waals surface area (Å²) in [4.78, 5) is 47.4. The molecule has 4 rings (SSSR count). The number of piperidine rings is 1. The Morgan fingerprint density at radius 3 is 2.31 bits per heavy atom. The molecule has 42 heavy (non-hydrogen) atoms. The van der Waals surface area contributed by atoms with Crippen molar-refractivity contribution in [3.8, 4) is 0 Å². The quantitative estimate of drug-likeness (QED) is 0.364. The minimum Gasteiger partial charge on any atom is -0.376 e. The van der Waals surface area contributed by atoms with E-state index in [1.807, 2.05) is 0 Å². The number of aromatic nitrogens is 4. The molecule has 2 atom stereocenters. The molecular weight excluding hydrogens is 578 g/mol. The van der Waals surface area contributed by atoms with Crippen LogP contribution in [0.25, 0.3) is 0 Å². The summed E-state index contributed by atoms with van der Waals surface area (Å²) in [6.45, 7) is 2.01. The summed E-state index contributed by atoms with van der Waals surface area (Å²) in [5, 5.41) is 10.2. The van der Waals surface area contributed by atoms with E-state index in [2.05, 4.69) is 25.7 Å². The van der Waals surface area contributed by atoms with Crippen LogP contribution in [-0.4, -0.2) is 87.9 Å². The Hall–Kier alpha value is -3.96. The van der Waals surface area contributed by atoms with Crippen LogP contribution in [0.3, 0.4) is 0 Å². The number of ether oxygens (including phenoxy) is 1. The average molecular weight is 607 g/mol. The van der Waals surface area contributed by atoms with Gasteiger partial charge in [0.05, 0.1) is 30.1 Å². The van der Waals surface area contributed by atoms with E-state index in [9.17, 15) is 40.7 Å². The predicted octanol–water partition coefficient (Wildman–Crippen LogP) is 1.80. The summed E-state index contributed by atoms with van der Waals surface area (Å²) in [6.07, 6.45) is -6.77. The van der Waals surface area contributed by atoms with Crippen LogP contribution in [0.15, 0.2) is 23.4 Å². The first-order valence-electron chi connectivity index (χ1n) is 13.0. The molecule has 0 spiro atoms. The van der Waals surface area contributed by atoms with Gasteiger partial charge in [-0.3, -0.25) is 14.4 Å². The van der Waals surface area contributed by atoms with Gasteiger partial charge in [-0.2, -0.15) is 31.4 Å². The minimum atomic E-state index is -4.98. The highest BCUT2D eigenvalue weighted by atomic mass is 19.4. The Kier molecular flexibility index (Phi) is 9.22. The fourth-order valence-electron chi connectivity index (χ4n) is 4.86. The molecule has 0 radical (unpaired) electrons. The van der Waals surface area contributed by atoms with Crippen LogP contribution in [0.1, 0.15) is 37.3 Å². The third-order valence-electron chi connectivity index (χ3n) is 6.94. The van der Waals surface area contributed by atoms with Gasteiger partial charge in [0.15, 0.2) is 0 Å². The van der Waals surface area contributed by atoms with E-state index in [4.69, 9.17) is 4.74 Å². The molecule has 12 nitrogen and oxygen atoms in total. The van der Waals surface area contributed by atoms with Gasteiger partial charge in [-0.05, 0) is 12.8 Å². The highest BCUT2D eigenvalue weighted by Crippen LogP contribution is 2.32. The molecule has 0 aromatic carbocycles. The zero-order valence-electron chi connectivity index (χ0n) is 22.3. The van der Waals surface area contributed by atoms with Gasteiger partial charge in [-0.1, -0.05) is 0 Å². The van der Waals surface area contributed by atoms with Crippen LogP contribution in [0.2, 0.25) is 0 Å². The van der Waals surface area contributed by atoms with Gasteiger partial charge in [-0.15, -0.1) is 0 Å². The molecule has 230 valence electrons. The molecule has 2 aliphatic heterocycles. The number of anilines is 2. The first-order valence-corrected chi connectivity index (χ1v) is 13.0. The molecule has 2 saturated heterocycles. The number of nitrogens with zero attached hydrogens (tertiary/aromatic N) is 5. The predicted molar refractivity (Wildman–Crippen MR) is 134 cm³/mol. The van der Waals surface area contributed by atoms with Crippen molar-refractivity contribution in [1.82, 2.24) is 30.4 Å². The number of aromatic amines is 1. The number of carbonyl (C=O) groups excluding carboxylic acids is 2. The zero-order valence-corrected chi connectivity index (χ0v) is 22.3. The van der Waals surface area contributed by atoms with E-state index in [0.717, 1.165) is 18.6 Å². The number of carbonyl (C=O) groups is 2. The lowest BCUT2D eigenvalue weighted by molar-refractivity contribution is -0.140. The first kappa shape index (κ1) is 31.0. The van der Waals surface area contributed by atoms with Gasteiger partial charge in [-0.25, -0.2) is 15.1 Å². The fourth-order valence-corrected chi connectivity index (χ4v) is 4.86. The second-order valence-corrected chi connectivity index (χ2v) is 9.89. The van der Waals surface area contributed by atoms with Crippen molar-refractivity contribution in [2.75, 3.05) is 43.0 Å². The van der Waals surface area contributed by atoms with Crippen molar-refractivity contribution in [3.63, 3.8) is 0 Å². The maximum absolute atomic E-state index is 13.5. The van der Waals surface area contributed by atoms with Crippen LogP contribution in [0.5, 0.6) is 0 Å². The standard InChI is InChI=1S/C24H28F6N8O4/c1-13(39)31-10-15(35-17-11-34-36-20(40)19(17)24(28,29)30)12-42-18-4-7-38(21(18)41)16-2-5-37(6-3-16)22-32-8-14(9-33-22)23(25,26)27/h8-9,11,15-16,18H,2-7,10,12H2,1H3,(H,31,39)(H2,35,36,40)/t15?,18-/m1/s1. The van der Waals surface area contributed by atoms with Gasteiger partial charge in [0.2, 0.25) is 11.9 Å². The lowest BCUT2D eigenvalue weighted by atomic mass is 10.0. The van der Waals surface area contributed by atoms with E-state index >= 15 is 0 Å². The number of halogens is 6. The average Bonchev–Trinajstić information content (AvgIpc) is 3.29. The highest BCUT2D eigenvalue weighted by molar-refractivity contribution is 5.83. The Balaban J connectivity index is 1.34. The number of hydrogen-bond acceptors (Lipinski definition) is 9. The highest BCUT2D eigenvalue weighted by Gasteiger charge is 2.40. The molecule has 2 fully saturated rings. The van der Waals surface area contributed by atoms with Gasteiger partial charge in [0, 0.05) is 58.0 Å². The first-order chi connectivity index (χ1) is 19.7. The van der Waals surface area contributed by atoms with Crippen molar-refractivity contribution in [2.24, 2.45) is 0 Å². The summed E-state index contributed by atoms with van der Waals surface area (Å²) in [6, 6.07) is -1.09. The minimum absolute atomic E-state index is 0.151. The van der Waals surface area contributed by atoms with Crippen LogP contribution in [-0.2, 0) is 26.7 Å². The van der Waals surface area contributed by atoms with E-state index in [1.54, 1.807) is 14.9 Å². The maximum atomic E-state index is 13.5. The zero-order chi connectivity index (χ0) is 30.7. The van der Waals surface area contributed by atoms with Crippen LogP contribution in [0, 0.1) is 0 Å². The smallest absolute Gasteiger partial charge is 0.376 e. The number of nitrogens with one attached hydrogen (secondary N) is 3. The number of likely N-dealkylation sites (tertiary alicyclic amines) is 1. The number of amides is 2. The third kappa shape index (κ3) is 7.46. The molecule has 2 aromatic heterocycles. The lowest BCUT2D eigenvalue weighted by Crippen LogP contribution is -2.47. The molecular formula is C24H28F6N8O4. The van der Waals surface area contributed by atoms with Crippen LogP contribution >= 0.6 is 0 Å². The van der Waals surface area contributed by atoms with Crippen molar-refractivity contribution in [1.29, 1.82) is 0 Å². The third-order valence-corrected chi connectivity index (χ3v) is 6.94. The van der Waals surface area contributed by atoms with Crippen LogP contribution < -0.4 is 21.1 Å². The second kappa shape index (κ2) is 12.5. The molecule has 18 heteroatoms. The SMILES string of the molecule is CC(=O)NCC(CO[C@@H]1CCN(C2CCN(c3ncc(C(F)(F)F)cn3)CC2)C1=O)Nc1cn[nH]c(=O)c1C(F)(F)F. The normalized spacial score (nSPS) is 19.2. The lowest BCUT2D eigenvalue weighted by Gasteiger charge is -2.36. The summed E-state index contributed by atoms with van der Waals surface area (Å²) < 4.78 is 84.5. The van der Waals surface area contributed by atoms with Gasteiger partial charge < -0.3 is 25.2 Å². The number of rotatable bonds is 9. The number of hydrogen-bond donors (Lipinski definition) is 3. The van der Waals surface area contributed by atoms with E-state index in [-0.39, 0.29) is 31.0 Å². The Labute approximate surface area is 234 Å². The van der Waals surface area contributed by atoms with E-state index < -0.39 is 52.8 Å². The Bertz CT molecular complexity index is 1310. The molecule has 3 N–H and O–H groups in total. The van der Waals surface area contributed by atoms with E-state index in [0.29, 0.717) is 38.9 Å². The summed E-state index contributed by atoms with van der Waals surface area (Å²) in [7, 11) is 0. The fraction of sp³-hybridized carbons (Fsp3) is 0.583. The molecule has 4 heterocycles. The van der Waals surface area contributed by atoms with Crippen molar-refractivity contribution in [2.45, 2.75) is 56.7 Å². The second-order valence-electron chi connectivity index (χ2n) is 9.89. The number of alkyl halides is 6. The van der Waals surface area contributed by atoms with Crippen molar-refractivity contribution in [3.05, 3.63) is 40.1 Å². The molecule has 0 saturated carbocycles. The Morgan fingerprint density at radius 2 is 1.71 bits per heavy atom. The number of H-pyrrole nitrogens is 1. The van der Waals surface area contributed by atoms with Crippen LogP contribution in [0.4, 0.5) is 38.0 Å². The molecule has 2 aliphatic rings. The van der Waals surface area contributed by atoms with Gasteiger partial charge in [0.1, 0.15) is 11.7 Å². The molecule has 0 aliphatic carbocycles. The maximum Gasteiger partial charge on any atom is 0.423 e. The summed E-state index contributed by atoms with van der Waals surface area (Å²) in [5.41, 5.74) is -4.47. The monoisotopic (exact) mass is 606 g/mol. The molecule has 2 aromatic rings. The van der Waals surface area contributed by atoms with Crippen molar-refractivity contribution < 1.29 is 40.7 Å². The molecule has 2 amide bonds. The summed E-state index contributed by atoms with van der Waals surface area (Å²) in [5.74, 6) is -0.582. The summed E-state index contributed by atoms with van der Waals surface area (Å²) >= 11 is 0. The molecule has 1 unspecified atom stereocenters. The van der Waals surface area contributed by atoms with Gasteiger partial charge in [0.25, 0.3) is 11.5 Å². The van der Waals surface area contributed by atoms with Gasteiger partial charge >= 0.3 is 12.4 Å². The topological polar surface area (TPSA) is 145 Å². The molecule has 0 bridgehead atoms. The Morgan fingerprint density at radius 1 is 1.05 bits per heavy atom. The van der Waals surface area contributed by atoms with Crippen molar-refractivity contribution >= 4 is 23.5 Å². The van der Waals surface area contributed by atoms with E-state index in [1.165, 1.54) is 6.92 Å². The largest absolute Gasteiger partial charge is 0.423 e.